The Morgan fingerprint density at radius 2 is 1.67 bits per heavy atom. The van der Waals surface area contributed by atoms with Crippen molar-refractivity contribution in [2.24, 2.45) is 17.8 Å². The van der Waals surface area contributed by atoms with Gasteiger partial charge in [-0.05, 0) is 80.5 Å². The zero-order valence-corrected chi connectivity index (χ0v) is 17.7. The molecule has 0 radical (unpaired) electrons. The molecule has 2 aliphatic rings. The molecule has 5 heteroatoms. The minimum absolute atomic E-state index is 0.0640. The van der Waals surface area contributed by atoms with Crippen molar-refractivity contribution in [3.05, 3.63) is 59.2 Å². The van der Waals surface area contributed by atoms with Crippen LogP contribution in [0.4, 0.5) is 5.69 Å². The highest BCUT2D eigenvalue weighted by molar-refractivity contribution is 6.22. The lowest BCUT2D eigenvalue weighted by molar-refractivity contribution is -0.122. The number of aryl methyl sites for hydroxylation is 2. The Balaban J connectivity index is 1.42. The van der Waals surface area contributed by atoms with Crippen molar-refractivity contribution in [2.75, 3.05) is 11.5 Å². The number of ether oxygens (including phenoxy) is 1. The SMILES string of the molecule is Cc1ccc(C(=O)COc2ccc(N3C(=O)[C@H]4CC[C@@H](C)C[C@H]4C3=O)cc2)cc1C. The number of anilines is 1. The molecule has 1 heterocycles. The number of carbonyl (C=O) groups is 3. The molecule has 0 aromatic heterocycles. The second-order valence-corrected chi connectivity index (χ2v) is 8.65. The van der Waals surface area contributed by atoms with Gasteiger partial charge < -0.3 is 4.74 Å². The van der Waals surface area contributed by atoms with Crippen LogP contribution in [-0.4, -0.2) is 24.2 Å². The van der Waals surface area contributed by atoms with Crippen LogP contribution in [-0.2, 0) is 9.59 Å². The summed E-state index contributed by atoms with van der Waals surface area (Å²) < 4.78 is 5.63. The van der Waals surface area contributed by atoms with E-state index in [9.17, 15) is 14.4 Å². The molecule has 0 N–H and O–H groups in total. The summed E-state index contributed by atoms with van der Waals surface area (Å²) in [4.78, 5) is 39.4. The van der Waals surface area contributed by atoms with Gasteiger partial charge >= 0.3 is 0 Å². The molecule has 5 nitrogen and oxygen atoms in total. The predicted octanol–water partition coefficient (Wildman–Crippen LogP) is 4.49. The first-order valence-corrected chi connectivity index (χ1v) is 10.6. The lowest BCUT2D eigenvalue weighted by atomic mass is 9.76. The number of carbonyl (C=O) groups excluding carboxylic acids is 3. The predicted molar refractivity (Wildman–Crippen MR) is 115 cm³/mol. The number of Topliss-reactive ketones (excluding diaryl/α,β-unsaturated/α-hetero) is 1. The largest absolute Gasteiger partial charge is 0.485 e. The van der Waals surface area contributed by atoms with Crippen LogP contribution in [0.5, 0.6) is 5.75 Å². The number of hydrogen-bond donors (Lipinski definition) is 0. The third-order valence-corrected chi connectivity index (χ3v) is 6.48. The summed E-state index contributed by atoms with van der Waals surface area (Å²) in [6.07, 6.45) is 2.57. The second kappa shape index (κ2) is 8.05. The van der Waals surface area contributed by atoms with Gasteiger partial charge in [-0.15, -0.1) is 0 Å². The summed E-state index contributed by atoms with van der Waals surface area (Å²) in [5, 5.41) is 0. The van der Waals surface area contributed by atoms with Gasteiger partial charge in [0.05, 0.1) is 17.5 Å². The maximum atomic E-state index is 12.8. The van der Waals surface area contributed by atoms with Gasteiger partial charge in [0.1, 0.15) is 5.75 Å². The Morgan fingerprint density at radius 1 is 0.967 bits per heavy atom. The van der Waals surface area contributed by atoms with Crippen LogP contribution >= 0.6 is 0 Å². The van der Waals surface area contributed by atoms with Crippen molar-refractivity contribution in [2.45, 2.75) is 40.0 Å². The molecule has 4 rings (SSSR count). The summed E-state index contributed by atoms with van der Waals surface area (Å²) in [7, 11) is 0. The zero-order valence-electron chi connectivity index (χ0n) is 17.7. The third kappa shape index (κ3) is 3.76. The van der Waals surface area contributed by atoms with Gasteiger partial charge in [0, 0.05) is 5.56 Å². The summed E-state index contributed by atoms with van der Waals surface area (Å²) in [5.74, 6) is 0.374. The van der Waals surface area contributed by atoms with Gasteiger partial charge in [-0.1, -0.05) is 19.1 Å². The molecule has 0 unspecified atom stereocenters. The van der Waals surface area contributed by atoms with Crippen LogP contribution in [0, 0.1) is 31.6 Å². The maximum absolute atomic E-state index is 12.8. The third-order valence-electron chi connectivity index (χ3n) is 6.48. The van der Waals surface area contributed by atoms with E-state index in [-0.39, 0.29) is 36.0 Å². The van der Waals surface area contributed by atoms with Crippen LogP contribution in [0.1, 0.15) is 47.7 Å². The molecule has 156 valence electrons. The average Bonchev–Trinajstić information content (AvgIpc) is 2.98. The lowest BCUT2D eigenvalue weighted by Crippen LogP contribution is -2.30. The Kier molecular flexibility index (Phi) is 5.46. The van der Waals surface area contributed by atoms with E-state index >= 15 is 0 Å². The highest BCUT2D eigenvalue weighted by atomic mass is 16.5. The average molecular weight is 405 g/mol. The van der Waals surface area contributed by atoms with Gasteiger partial charge in [-0.3, -0.25) is 19.3 Å². The number of amides is 2. The molecule has 3 atom stereocenters. The minimum Gasteiger partial charge on any atom is -0.485 e. The van der Waals surface area contributed by atoms with Crippen LogP contribution in [0.15, 0.2) is 42.5 Å². The molecule has 2 fully saturated rings. The molecule has 2 aromatic carbocycles. The van der Waals surface area contributed by atoms with Crippen molar-refractivity contribution in [1.82, 2.24) is 0 Å². The Morgan fingerprint density at radius 3 is 2.37 bits per heavy atom. The molecule has 2 amide bonds. The fourth-order valence-corrected chi connectivity index (χ4v) is 4.48. The first-order valence-electron chi connectivity index (χ1n) is 10.6. The molecule has 1 aliphatic carbocycles. The van der Waals surface area contributed by atoms with Gasteiger partial charge in [0.25, 0.3) is 0 Å². The van der Waals surface area contributed by atoms with E-state index in [1.165, 1.54) is 4.90 Å². The van der Waals surface area contributed by atoms with Gasteiger partial charge in [0.15, 0.2) is 12.4 Å². The lowest BCUT2D eigenvalue weighted by Gasteiger charge is -2.25. The Labute approximate surface area is 177 Å². The zero-order chi connectivity index (χ0) is 21.4. The molecule has 2 aromatic rings. The van der Waals surface area contributed by atoms with Crippen molar-refractivity contribution >= 4 is 23.3 Å². The molecular weight excluding hydrogens is 378 g/mol. The molecule has 0 bridgehead atoms. The summed E-state index contributed by atoms with van der Waals surface area (Å²) in [5.41, 5.74) is 3.41. The number of fused-ring (bicyclic) bond motifs is 1. The normalized spacial score (nSPS) is 23.4. The fourth-order valence-electron chi connectivity index (χ4n) is 4.48. The smallest absolute Gasteiger partial charge is 0.237 e. The highest BCUT2D eigenvalue weighted by Gasteiger charge is 2.49. The summed E-state index contributed by atoms with van der Waals surface area (Å²) >= 11 is 0. The number of nitrogens with zero attached hydrogens (tertiary/aromatic N) is 1. The first kappa shape index (κ1) is 20.3. The molecule has 0 spiro atoms. The molecule has 30 heavy (non-hydrogen) atoms. The van der Waals surface area contributed by atoms with Gasteiger partial charge in [0.2, 0.25) is 11.8 Å². The summed E-state index contributed by atoms with van der Waals surface area (Å²) in [6, 6.07) is 12.4. The van der Waals surface area contributed by atoms with Crippen molar-refractivity contribution in [3.8, 4) is 5.75 Å². The minimum atomic E-state index is -0.187. The quantitative estimate of drug-likeness (QED) is 0.543. The van der Waals surface area contributed by atoms with Crippen LogP contribution in [0.25, 0.3) is 0 Å². The number of ketones is 1. The van der Waals surface area contributed by atoms with E-state index < -0.39 is 0 Å². The summed E-state index contributed by atoms with van der Waals surface area (Å²) in [6.45, 7) is 6.06. The first-order chi connectivity index (χ1) is 14.3. The van der Waals surface area contributed by atoms with Crippen molar-refractivity contribution < 1.29 is 19.1 Å². The topological polar surface area (TPSA) is 63.7 Å². The van der Waals surface area contributed by atoms with Crippen molar-refractivity contribution in [1.29, 1.82) is 0 Å². The van der Waals surface area contributed by atoms with E-state index in [0.717, 1.165) is 30.4 Å². The standard InChI is InChI=1S/C25H27NO4/c1-15-4-11-21-22(12-15)25(29)26(24(21)28)19-7-9-20(10-8-19)30-14-23(27)18-6-5-16(2)17(3)13-18/h5-10,13,15,21-22H,4,11-12,14H2,1-3H3/t15-,21+,22-/m1/s1. The molecular formula is C25H27NO4. The number of hydrogen-bond acceptors (Lipinski definition) is 4. The fraction of sp³-hybridized carbons (Fsp3) is 0.400. The monoisotopic (exact) mass is 405 g/mol. The van der Waals surface area contributed by atoms with Crippen molar-refractivity contribution in [3.63, 3.8) is 0 Å². The second-order valence-electron chi connectivity index (χ2n) is 8.65. The van der Waals surface area contributed by atoms with Gasteiger partial charge in [-0.2, -0.15) is 0 Å². The van der Waals surface area contributed by atoms with Crippen LogP contribution in [0.2, 0.25) is 0 Å². The molecule has 1 saturated carbocycles. The van der Waals surface area contributed by atoms with Gasteiger partial charge in [-0.25, -0.2) is 0 Å². The number of imide groups is 1. The van der Waals surface area contributed by atoms with E-state index in [1.807, 2.05) is 32.0 Å². The molecule has 1 aliphatic heterocycles. The highest BCUT2D eigenvalue weighted by Crippen LogP contribution is 2.42. The molecule has 1 saturated heterocycles. The Bertz CT molecular complexity index is 995. The van der Waals surface area contributed by atoms with E-state index in [4.69, 9.17) is 4.74 Å². The van der Waals surface area contributed by atoms with E-state index in [0.29, 0.717) is 22.9 Å². The van der Waals surface area contributed by atoms with Crippen LogP contribution < -0.4 is 9.64 Å². The van der Waals surface area contributed by atoms with Crippen LogP contribution in [0.3, 0.4) is 0 Å². The number of benzene rings is 2. The van der Waals surface area contributed by atoms with E-state index in [1.54, 1.807) is 24.3 Å². The number of rotatable bonds is 5. The maximum Gasteiger partial charge on any atom is 0.237 e. The van der Waals surface area contributed by atoms with E-state index in [2.05, 4.69) is 6.92 Å². The Hall–Kier alpha value is -2.95.